The maximum atomic E-state index is 13.4. The molecule has 0 aromatic carbocycles. The number of allylic oxidation sites excluding steroid dienone is 1. The molecule has 1 heterocycles. The van der Waals surface area contributed by atoms with Crippen molar-refractivity contribution in [3.05, 3.63) is 22.8 Å². The molecule has 0 amide bonds. The largest absolute Gasteiger partial charge is 0.461 e. The van der Waals surface area contributed by atoms with Crippen LogP contribution in [0.15, 0.2) is 22.8 Å². The molecular formula is C35H52O11. The van der Waals surface area contributed by atoms with Crippen LogP contribution in [0, 0.1) is 11.3 Å². The second-order valence-electron chi connectivity index (χ2n) is 13.5. The number of esters is 5. The van der Waals surface area contributed by atoms with Gasteiger partial charge in [-0.05, 0) is 65.5 Å². The third kappa shape index (κ3) is 7.04. The Balaban J connectivity index is 2.23. The van der Waals surface area contributed by atoms with Gasteiger partial charge in [-0.25, -0.2) is 9.59 Å². The summed E-state index contributed by atoms with van der Waals surface area (Å²) >= 11 is 0. The Hall–Kier alpha value is -3.21. The first-order valence-electron chi connectivity index (χ1n) is 16.6. The highest BCUT2D eigenvalue weighted by Gasteiger charge is 2.74. The summed E-state index contributed by atoms with van der Waals surface area (Å²) < 4.78 is 30.1. The average molecular weight is 649 g/mol. The minimum Gasteiger partial charge on any atom is -0.461 e. The van der Waals surface area contributed by atoms with Crippen LogP contribution in [0.1, 0.15) is 120 Å². The Bertz CT molecular complexity index is 1260. The summed E-state index contributed by atoms with van der Waals surface area (Å²) in [5.74, 6) is -4.25. The van der Waals surface area contributed by atoms with Crippen molar-refractivity contribution in [2.75, 3.05) is 0 Å². The predicted octanol–water partition coefficient (Wildman–Crippen LogP) is 5.20. The molecule has 11 heteroatoms. The number of carbonyl (C=O) groups is 5. The smallest absolute Gasteiger partial charge is 0.339 e. The van der Waals surface area contributed by atoms with Gasteiger partial charge >= 0.3 is 29.8 Å². The lowest BCUT2D eigenvalue weighted by Crippen LogP contribution is -2.57. The minimum absolute atomic E-state index is 0.0877. The summed E-state index contributed by atoms with van der Waals surface area (Å²) in [6.07, 6.45) is 2.06. The normalized spacial score (nSPS) is 33.8. The minimum atomic E-state index is -2.13. The molecule has 2 aliphatic carbocycles. The van der Waals surface area contributed by atoms with Crippen molar-refractivity contribution < 1.29 is 52.8 Å². The molecule has 0 aromatic rings. The summed E-state index contributed by atoms with van der Waals surface area (Å²) in [6.45, 7) is 14.7. The number of aliphatic hydroxyl groups is 1. The Labute approximate surface area is 272 Å². The van der Waals surface area contributed by atoms with Gasteiger partial charge in [0.05, 0.1) is 11.3 Å². The highest BCUT2D eigenvalue weighted by atomic mass is 16.6. The van der Waals surface area contributed by atoms with Crippen LogP contribution in [0.3, 0.4) is 0 Å². The highest BCUT2D eigenvalue weighted by Crippen LogP contribution is 2.61. The van der Waals surface area contributed by atoms with Gasteiger partial charge in [-0.2, -0.15) is 0 Å². The summed E-state index contributed by atoms with van der Waals surface area (Å²) in [5, 5.41) is 11.7. The van der Waals surface area contributed by atoms with E-state index < -0.39 is 76.8 Å². The molecule has 1 aliphatic heterocycles. The van der Waals surface area contributed by atoms with Gasteiger partial charge in [0.1, 0.15) is 17.8 Å². The van der Waals surface area contributed by atoms with Gasteiger partial charge in [-0.15, -0.1) is 0 Å². The number of hydrogen-bond acceptors (Lipinski definition) is 11. The molecule has 1 saturated heterocycles. The van der Waals surface area contributed by atoms with Crippen molar-refractivity contribution in [3.8, 4) is 0 Å². The number of rotatable bonds is 13. The van der Waals surface area contributed by atoms with Crippen molar-refractivity contribution in [3.63, 3.8) is 0 Å². The third-order valence-corrected chi connectivity index (χ3v) is 10.1. The molecule has 11 nitrogen and oxygen atoms in total. The Morgan fingerprint density at radius 2 is 1.57 bits per heavy atom. The lowest BCUT2D eigenvalue weighted by atomic mass is 9.66. The molecule has 8 atom stereocenters. The van der Waals surface area contributed by atoms with Crippen LogP contribution in [-0.4, -0.2) is 70.6 Å². The highest BCUT2D eigenvalue weighted by molar-refractivity contribution is 5.88. The molecule has 0 spiro atoms. The molecule has 0 radical (unpaired) electrons. The fraction of sp³-hybridized carbons (Fsp3) is 0.743. The van der Waals surface area contributed by atoms with E-state index in [0.29, 0.717) is 29.6 Å². The van der Waals surface area contributed by atoms with E-state index >= 15 is 0 Å². The Kier molecular flexibility index (Phi) is 11.9. The molecule has 3 rings (SSSR count). The van der Waals surface area contributed by atoms with E-state index in [1.54, 1.807) is 40.7 Å². The molecule has 258 valence electrons. The quantitative estimate of drug-likeness (QED) is 0.0922. The van der Waals surface area contributed by atoms with Crippen molar-refractivity contribution in [2.45, 2.75) is 156 Å². The van der Waals surface area contributed by atoms with Crippen LogP contribution in [-0.2, 0) is 47.7 Å². The molecule has 0 aromatic heterocycles. The molecule has 3 aliphatic rings. The zero-order valence-electron chi connectivity index (χ0n) is 28.9. The van der Waals surface area contributed by atoms with E-state index in [1.165, 1.54) is 13.8 Å². The van der Waals surface area contributed by atoms with E-state index in [2.05, 4.69) is 6.92 Å². The van der Waals surface area contributed by atoms with E-state index in [-0.39, 0.29) is 19.3 Å². The van der Waals surface area contributed by atoms with E-state index in [1.807, 2.05) is 6.92 Å². The van der Waals surface area contributed by atoms with Crippen LogP contribution in [0.5, 0.6) is 0 Å². The van der Waals surface area contributed by atoms with Crippen LogP contribution >= 0.6 is 0 Å². The maximum Gasteiger partial charge on any atom is 0.339 e. The van der Waals surface area contributed by atoms with Gasteiger partial charge in [-0.1, -0.05) is 45.6 Å². The van der Waals surface area contributed by atoms with Crippen molar-refractivity contribution in [2.24, 2.45) is 11.3 Å². The molecule has 0 unspecified atom stereocenters. The predicted molar refractivity (Wildman–Crippen MR) is 167 cm³/mol. The number of fused-ring (bicyclic) bond motifs is 3. The lowest BCUT2D eigenvalue weighted by molar-refractivity contribution is -0.192. The second kappa shape index (κ2) is 14.7. The van der Waals surface area contributed by atoms with Crippen molar-refractivity contribution in [1.29, 1.82) is 0 Å². The zero-order valence-corrected chi connectivity index (χ0v) is 28.9. The molecule has 2 fully saturated rings. The monoisotopic (exact) mass is 648 g/mol. The van der Waals surface area contributed by atoms with E-state index in [4.69, 9.17) is 23.7 Å². The molecule has 46 heavy (non-hydrogen) atoms. The van der Waals surface area contributed by atoms with Crippen LogP contribution < -0.4 is 0 Å². The summed E-state index contributed by atoms with van der Waals surface area (Å²) in [6, 6.07) is 0. The van der Waals surface area contributed by atoms with Gasteiger partial charge in [0.15, 0.2) is 17.8 Å². The zero-order chi connectivity index (χ0) is 34.6. The molecule has 1 saturated carbocycles. The maximum absolute atomic E-state index is 13.4. The molecular weight excluding hydrogens is 596 g/mol. The number of ether oxygens (including phenoxy) is 5. The Morgan fingerprint density at radius 3 is 2.15 bits per heavy atom. The standard InChI is InChI=1S/C35H52O11/c1-10-13-14-15-16-18-25(38)43-29-27-26(21(5)28(29)44-31(39)20(4)12-3)30-34(8,35(9,41)32(40)45-30)23(42-24(37)17-11-2)19-33(27,7)46-22(6)36/h12,23,27-30,41H,10-11,13-19H2,1-9H3/b20-12-/t23-,27+,28-,29-,30-,33-,34-,35+/m0/s1. The van der Waals surface area contributed by atoms with Crippen LogP contribution in [0.2, 0.25) is 0 Å². The van der Waals surface area contributed by atoms with Crippen LogP contribution in [0.25, 0.3) is 0 Å². The van der Waals surface area contributed by atoms with E-state index in [0.717, 1.165) is 25.7 Å². The summed E-state index contributed by atoms with van der Waals surface area (Å²) in [7, 11) is 0. The first kappa shape index (κ1) is 37.2. The third-order valence-electron chi connectivity index (χ3n) is 10.1. The van der Waals surface area contributed by atoms with Gasteiger partial charge in [-0.3, -0.25) is 14.4 Å². The fourth-order valence-corrected chi connectivity index (χ4v) is 7.16. The topological polar surface area (TPSA) is 152 Å². The summed E-state index contributed by atoms with van der Waals surface area (Å²) in [4.78, 5) is 65.5. The van der Waals surface area contributed by atoms with Gasteiger partial charge < -0.3 is 28.8 Å². The van der Waals surface area contributed by atoms with E-state index in [9.17, 15) is 29.1 Å². The van der Waals surface area contributed by atoms with Crippen molar-refractivity contribution in [1.82, 2.24) is 0 Å². The SMILES string of the molecule is C/C=C(/C)C(=O)O[C@H]1C(C)=C2[C@H]([C@@H]1OC(=O)CCCCCCC)[C@@](C)(OC(C)=O)C[C@H](OC(=O)CCC)[C@@]1(C)[C@H]2OC(=O)[C@@]1(C)O. The van der Waals surface area contributed by atoms with Crippen molar-refractivity contribution >= 4 is 29.8 Å². The average Bonchev–Trinajstić information content (AvgIpc) is 3.30. The summed E-state index contributed by atoms with van der Waals surface area (Å²) in [5.41, 5.74) is -4.05. The molecule has 0 bridgehead atoms. The molecule has 1 N–H and O–H groups in total. The fourth-order valence-electron chi connectivity index (χ4n) is 7.16. The number of unbranched alkanes of at least 4 members (excludes halogenated alkanes) is 4. The van der Waals surface area contributed by atoms with Gasteiger partial charge in [0.2, 0.25) is 0 Å². The van der Waals surface area contributed by atoms with Gasteiger partial charge in [0.25, 0.3) is 0 Å². The number of hydrogen-bond donors (Lipinski definition) is 1. The lowest BCUT2D eigenvalue weighted by Gasteiger charge is -2.43. The second-order valence-corrected chi connectivity index (χ2v) is 13.5. The number of carbonyl (C=O) groups excluding carboxylic acids is 5. The first-order chi connectivity index (χ1) is 21.5. The van der Waals surface area contributed by atoms with Crippen LogP contribution in [0.4, 0.5) is 0 Å². The van der Waals surface area contributed by atoms with Gasteiger partial charge in [0, 0.05) is 31.8 Å². The first-order valence-corrected chi connectivity index (χ1v) is 16.6. The Morgan fingerprint density at radius 1 is 0.935 bits per heavy atom.